The van der Waals surface area contributed by atoms with Crippen molar-refractivity contribution in [3.05, 3.63) is 35.4 Å². The molecule has 0 unspecified atom stereocenters. The Bertz CT molecular complexity index is 459. The molecule has 22 heavy (non-hydrogen) atoms. The molecular formula is C17H26N2O3. The van der Waals surface area contributed by atoms with E-state index in [0.29, 0.717) is 19.8 Å². The van der Waals surface area contributed by atoms with E-state index in [1.165, 1.54) is 0 Å². The highest BCUT2D eigenvalue weighted by Crippen LogP contribution is 2.10. The summed E-state index contributed by atoms with van der Waals surface area (Å²) in [4.78, 5) is 11.9. The Morgan fingerprint density at radius 1 is 1.27 bits per heavy atom. The van der Waals surface area contributed by atoms with Crippen molar-refractivity contribution in [3.8, 4) is 0 Å². The van der Waals surface area contributed by atoms with E-state index in [9.17, 15) is 4.79 Å². The van der Waals surface area contributed by atoms with E-state index in [4.69, 9.17) is 9.47 Å². The van der Waals surface area contributed by atoms with E-state index < -0.39 is 0 Å². The number of rotatable bonds is 8. The van der Waals surface area contributed by atoms with Gasteiger partial charge in [0.05, 0.1) is 12.7 Å². The number of piperidine rings is 1. The number of hydrogen-bond acceptors (Lipinski definition) is 4. The standard InChI is InChI=1S/C17H26N2O3/c1-2-21-12-15-6-4-3-5-14(15)11-19-17(20)13-22-16-7-9-18-10-8-16/h3-6,16,18H,2,7-13H2,1H3,(H,19,20). The van der Waals surface area contributed by atoms with Crippen LogP contribution in [0.15, 0.2) is 24.3 Å². The minimum atomic E-state index is -0.0651. The van der Waals surface area contributed by atoms with Crippen molar-refractivity contribution < 1.29 is 14.3 Å². The molecule has 1 fully saturated rings. The summed E-state index contributed by atoms with van der Waals surface area (Å²) in [5.74, 6) is -0.0651. The zero-order valence-electron chi connectivity index (χ0n) is 13.3. The average Bonchev–Trinajstić information content (AvgIpc) is 2.58. The van der Waals surface area contributed by atoms with Crippen LogP contribution in [0.25, 0.3) is 0 Å². The fourth-order valence-electron chi connectivity index (χ4n) is 2.48. The van der Waals surface area contributed by atoms with Gasteiger partial charge >= 0.3 is 0 Å². The van der Waals surface area contributed by atoms with Gasteiger partial charge in [0, 0.05) is 13.2 Å². The third kappa shape index (κ3) is 5.75. The Morgan fingerprint density at radius 2 is 2.00 bits per heavy atom. The molecule has 0 spiro atoms. The quantitative estimate of drug-likeness (QED) is 0.766. The van der Waals surface area contributed by atoms with E-state index in [-0.39, 0.29) is 18.6 Å². The second kappa shape index (κ2) is 9.56. The highest BCUT2D eigenvalue weighted by Gasteiger charge is 2.14. The molecule has 0 bridgehead atoms. The molecule has 0 saturated carbocycles. The first-order valence-electron chi connectivity index (χ1n) is 8.03. The van der Waals surface area contributed by atoms with Gasteiger partial charge < -0.3 is 20.1 Å². The topological polar surface area (TPSA) is 59.6 Å². The lowest BCUT2D eigenvalue weighted by Gasteiger charge is -2.22. The molecule has 2 N–H and O–H groups in total. The number of carbonyl (C=O) groups is 1. The number of amides is 1. The molecule has 5 heteroatoms. The predicted octanol–water partition coefficient (Wildman–Crippen LogP) is 1.61. The summed E-state index contributed by atoms with van der Waals surface area (Å²) in [5.41, 5.74) is 2.20. The number of benzene rings is 1. The van der Waals surface area contributed by atoms with E-state index >= 15 is 0 Å². The summed E-state index contributed by atoms with van der Waals surface area (Å²) >= 11 is 0. The molecule has 5 nitrogen and oxygen atoms in total. The molecule has 122 valence electrons. The lowest BCUT2D eigenvalue weighted by atomic mass is 10.1. The fourth-order valence-corrected chi connectivity index (χ4v) is 2.48. The number of hydrogen-bond donors (Lipinski definition) is 2. The van der Waals surface area contributed by atoms with Crippen LogP contribution in [-0.4, -0.2) is 38.3 Å². The maximum Gasteiger partial charge on any atom is 0.246 e. The van der Waals surface area contributed by atoms with Crippen molar-refractivity contribution in [2.45, 2.75) is 39.0 Å². The van der Waals surface area contributed by atoms with Crippen LogP contribution in [0.4, 0.5) is 0 Å². The molecule has 0 atom stereocenters. The van der Waals surface area contributed by atoms with Gasteiger partial charge in [0.2, 0.25) is 5.91 Å². The van der Waals surface area contributed by atoms with Crippen molar-refractivity contribution in [1.29, 1.82) is 0 Å². The molecular weight excluding hydrogens is 280 g/mol. The zero-order valence-corrected chi connectivity index (χ0v) is 13.3. The van der Waals surface area contributed by atoms with Crippen LogP contribution in [0.1, 0.15) is 30.9 Å². The van der Waals surface area contributed by atoms with Crippen LogP contribution in [0.3, 0.4) is 0 Å². The van der Waals surface area contributed by atoms with Gasteiger partial charge in [0.25, 0.3) is 0 Å². The SMILES string of the molecule is CCOCc1ccccc1CNC(=O)COC1CCNCC1. The van der Waals surface area contributed by atoms with Crippen LogP contribution in [-0.2, 0) is 27.4 Å². The maximum atomic E-state index is 11.9. The molecule has 1 amide bonds. The van der Waals surface area contributed by atoms with Gasteiger partial charge in [-0.3, -0.25) is 4.79 Å². The monoisotopic (exact) mass is 306 g/mol. The number of ether oxygens (including phenoxy) is 2. The van der Waals surface area contributed by atoms with Crippen molar-refractivity contribution in [1.82, 2.24) is 10.6 Å². The first-order valence-corrected chi connectivity index (χ1v) is 8.03. The minimum absolute atomic E-state index is 0.0651. The van der Waals surface area contributed by atoms with Gasteiger partial charge in [0.15, 0.2) is 0 Å². The first-order chi connectivity index (χ1) is 10.8. The van der Waals surface area contributed by atoms with E-state index in [2.05, 4.69) is 10.6 Å². The molecule has 0 aliphatic carbocycles. The van der Waals surface area contributed by atoms with Crippen LogP contribution < -0.4 is 10.6 Å². The van der Waals surface area contributed by atoms with Gasteiger partial charge in [-0.2, -0.15) is 0 Å². The largest absolute Gasteiger partial charge is 0.377 e. The normalized spacial score (nSPS) is 15.7. The Hall–Kier alpha value is -1.43. The highest BCUT2D eigenvalue weighted by molar-refractivity contribution is 5.77. The molecule has 1 heterocycles. The third-order valence-electron chi connectivity index (χ3n) is 3.79. The van der Waals surface area contributed by atoms with Gasteiger partial charge in [-0.05, 0) is 44.0 Å². The lowest BCUT2D eigenvalue weighted by Crippen LogP contribution is -2.35. The van der Waals surface area contributed by atoms with Gasteiger partial charge in [-0.15, -0.1) is 0 Å². The highest BCUT2D eigenvalue weighted by atomic mass is 16.5. The third-order valence-corrected chi connectivity index (χ3v) is 3.79. The smallest absolute Gasteiger partial charge is 0.246 e. The lowest BCUT2D eigenvalue weighted by molar-refractivity contribution is -0.128. The van der Waals surface area contributed by atoms with Crippen LogP contribution >= 0.6 is 0 Å². The van der Waals surface area contributed by atoms with Crippen molar-refractivity contribution in [2.75, 3.05) is 26.3 Å². The first kappa shape index (κ1) is 16.9. The molecule has 0 aromatic heterocycles. The molecule has 0 radical (unpaired) electrons. The molecule has 1 aliphatic rings. The van der Waals surface area contributed by atoms with Crippen LogP contribution in [0.2, 0.25) is 0 Å². The minimum Gasteiger partial charge on any atom is -0.377 e. The number of nitrogens with one attached hydrogen (secondary N) is 2. The molecule has 1 aromatic rings. The van der Waals surface area contributed by atoms with Crippen molar-refractivity contribution in [2.24, 2.45) is 0 Å². The van der Waals surface area contributed by atoms with E-state index in [0.717, 1.165) is 37.1 Å². The zero-order chi connectivity index (χ0) is 15.6. The van der Waals surface area contributed by atoms with Crippen molar-refractivity contribution >= 4 is 5.91 Å². The second-order valence-corrected chi connectivity index (χ2v) is 5.44. The van der Waals surface area contributed by atoms with Crippen LogP contribution in [0, 0.1) is 0 Å². The summed E-state index contributed by atoms with van der Waals surface area (Å²) < 4.78 is 11.1. The predicted molar refractivity (Wildman–Crippen MR) is 85.5 cm³/mol. The summed E-state index contributed by atoms with van der Waals surface area (Å²) in [6, 6.07) is 8.01. The van der Waals surface area contributed by atoms with E-state index in [1.54, 1.807) is 0 Å². The van der Waals surface area contributed by atoms with E-state index in [1.807, 2.05) is 31.2 Å². The Labute approximate surface area is 132 Å². The summed E-state index contributed by atoms with van der Waals surface area (Å²) in [6.45, 7) is 5.82. The Balaban J connectivity index is 1.73. The Kier molecular flexibility index (Phi) is 7.36. The summed E-state index contributed by atoms with van der Waals surface area (Å²) in [7, 11) is 0. The molecule has 2 rings (SSSR count). The summed E-state index contributed by atoms with van der Waals surface area (Å²) in [6.07, 6.45) is 2.16. The second-order valence-electron chi connectivity index (χ2n) is 5.44. The van der Waals surface area contributed by atoms with Gasteiger partial charge in [-0.25, -0.2) is 0 Å². The molecule has 1 aromatic carbocycles. The van der Waals surface area contributed by atoms with Gasteiger partial charge in [-0.1, -0.05) is 24.3 Å². The average molecular weight is 306 g/mol. The molecule has 1 saturated heterocycles. The number of carbonyl (C=O) groups excluding carboxylic acids is 1. The van der Waals surface area contributed by atoms with Gasteiger partial charge in [0.1, 0.15) is 6.61 Å². The maximum absolute atomic E-state index is 11.9. The molecule has 1 aliphatic heterocycles. The summed E-state index contributed by atoms with van der Waals surface area (Å²) in [5, 5.41) is 6.20. The van der Waals surface area contributed by atoms with Crippen LogP contribution in [0.5, 0.6) is 0 Å². The van der Waals surface area contributed by atoms with Crippen molar-refractivity contribution in [3.63, 3.8) is 0 Å². The Morgan fingerprint density at radius 3 is 2.73 bits per heavy atom. The fraction of sp³-hybridized carbons (Fsp3) is 0.588.